The summed E-state index contributed by atoms with van der Waals surface area (Å²) in [6.45, 7) is 7.98. The highest BCUT2D eigenvalue weighted by molar-refractivity contribution is 14.0. The van der Waals surface area contributed by atoms with Crippen LogP contribution in [0.3, 0.4) is 0 Å². The maximum absolute atomic E-state index is 10.5. The maximum Gasteiger partial charge on any atom is 0.191 e. The van der Waals surface area contributed by atoms with Gasteiger partial charge in [0.15, 0.2) is 5.96 Å². The van der Waals surface area contributed by atoms with Gasteiger partial charge in [0.2, 0.25) is 0 Å². The minimum absolute atomic E-state index is 0. The Morgan fingerprint density at radius 1 is 1.18 bits per heavy atom. The maximum atomic E-state index is 10.5. The molecule has 0 spiro atoms. The molecule has 1 aliphatic rings. The smallest absolute Gasteiger partial charge is 0.191 e. The van der Waals surface area contributed by atoms with Crippen LogP contribution in [0, 0.1) is 0 Å². The fourth-order valence-corrected chi connectivity index (χ4v) is 4.37. The molecule has 0 radical (unpaired) electrons. The summed E-state index contributed by atoms with van der Waals surface area (Å²) in [6, 6.07) is 10.7. The molecule has 0 bridgehead atoms. The lowest BCUT2D eigenvalue weighted by Crippen LogP contribution is -2.52. The number of fused-ring (bicyclic) bond motifs is 1. The molecule has 1 aliphatic heterocycles. The van der Waals surface area contributed by atoms with Crippen LogP contribution in [0.25, 0.3) is 10.1 Å². The SMILES string of the molecule is CN=C(NCC(O)c1cc2ccccc2s1)NCC(C)N1CCN(C)CC1.I. The van der Waals surface area contributed by atoms with Gasteiger partial charge in [0.1, 0.15) is 6.10 Å². The average molecular weight is 517 g/mol. The van der Waals surface area contributed by atoms with Crippen LogP contribution in [0.4, 0.5) is 0 Å². The molecular weight excluding hydrogens is 485 g/mol. The largest absolute Gasteiger partial charge is 0.386 e. The number of aliphatic imine (C=N–C) groups is 1. The molecule has 2 heterocycles. The van der Waals surface area contributed by atoms with Gasteiger partial charge in [0.25, 0.3) is 0 Å². The van der Waals surface area contributed by atoms with Crippen molar-refractivity contribution < 1.29 is 5.11 Å². The van der Waals surface area contributed by atoms with E-state index in [4.69, 9.17) is 0 Å². The van der Waals surface area contributed by atoms with Crippen molar-refractivity contribution in [1.29, 1.82) is 0 Å². The number of hydrogen-bond donors (Lipinski definition) is 3. The first kappa shape index (κ1) is 23.3. The van der Waals surface area contributed by atoms with Crippen molar-refractivity contribution in [3.63, 3.8) is 0 Å². The van der Waals surface area contributed by atoms with Crippen molar-refractivity contribution in [3.8, 4) is 0 Å². The standard InChI is InChI=1S/C20H31N5OS.HI/c1-15(25-10-8-24(3)9-11-25)13-22-20(21-2)23-14-17(26)19-12-16-6-4-5-7-18(16)27-19;/h4-7,12,15,17,26H,8-11,13-14H2,1-3H3,(H2,21,22,23);1H. The van der Waals surface area contributed by atoms with E-state index in [9.17, 15) is 5.11 Å². The molecule has 156 valence electrons. The quantitative estimate of drug-likeness (QED) is 0.312. The Labute approximate surface area is 189 Å². The summed E-state index contributed by atoms with van der Waals surface area (Å²) in [5, 5.41) is 18.3. The summed E-state index contributed by atoms with van der Waals surface area (Å²) in [5.41, 5.74) is 0. The first-order valence-electron chi connectivity index (χ1n) is 9.60. The number of nitrogens with one attached hydrogen (secondary N) is 2. The van der Waals surface area contributed by atoms with Crippen LogP contribution in [-0.2, 0) is 0 Å². The number of likely N-dealkylation sites (N-methyl/N-ethyl adjacent to an activating group) is 1. The highest BCUT2D eigenvalue weighted by Crippen LogP contribution is 2.29. The lowest BCUT2D eigenvalue weighted by Gasteiger charge is -2.36. The predicted octanol–water partition coefficient (Wildman–Crippen LogP) is 2.35. The molecule has 3 rings (SSSR count). The van der Waals surface area contributed by atoms with Gasteiger partial charge in [-0.2, -0.15) is 0 Å². The van der Waals surface area contributed by atoms with Crippen molar-refractivity contribution in [2.75, 3.05) is 53.4 Å². The van der Waals surface area contributed by atoms with Gasteiger partial charge < -0.3 is 20.6 Å². The van der Waals surface area contributed by atoms with Crippen molar-refractivity contribution in [3.05, 3.63) is 35.2 Å². The second kappa shape index (κ2) is 11.3. The van der Waals surface area contributed by atoms with E-state index in [2.05, 4.69) is 57.6 Å². The van der Waals surface area contributed by atoms with Crippen LogP contribution in [0.5, 0.6) is 0 Å². The lowest BCUT2D eigenvalue weighted by molar-refractivity contribution is 0.120. The summed E-state index contributed by atoms with van der Waals surface area (Å²) in [4.78, 5) is 10.1. The molecule has 0 saturated carbocycles. The molecule has 1 fully saturated rings. The summed E-state index contributed by atoms with van der Waals surface area (Å²) in [5.74, 6) is 0.733. The number of halogens is 1. The monoisotopic (exact) mass is 517 g/mol. The van der Waals surface area contributed by atoms with Crippen molar-refractivity contribution in [2.45, 2.75) is 19.1 Å². The van der Waals surface area contributed by atoms with Crippen LogP contribution in [-0.4, -0.2) is 80.3 Å². The second-order valence-corrected chi connectivity index (χ2v) is 8.34. The third-order valence-corrected chi connectivity index (χ3v) is 6.40. The number of guanidine groups is 1. The lowest BCUT2D eigenvalue weighted by atomic mass is 10.2. The second-order valence-electron chi connectivity index (χ2n) is 7.22. The Morgan fingerprint density at radius 2 is 1.86 bits per heavy atom. The number of nitrogens with zero attached hydrogens (tertiary/aromatic N) is 3. The number of rotatable bonds is 6. The van der Waals surface area contributed by atoms with Crippen LogP contribution >= 0.6 is 35.3 Å². The molecule has 8 heteroatoms. The van der Waals surface area contributed by atoms with E-state index in [1.54, 1.807) is 18.4 Å². The van der Waals surface area contributed by atoms with Gasteiger partial charge in [-0.25, -0.2) is 0 Å². The number of aliphatic hydroxyl groups excluding tert-OH is 1. The van der Waals surface area contributed by atoms with E-state index < -0.39 is 6.10 Å². The van der Waals surface area contributed by atoms with Crippen molar-refractivity contribution >= 4 is 51.4 Å². The number of benzene rings is 1. The molecule has 3 N–H and O–H groups in total. The Kier molecular flexibility index (Phi) is 9.42. The Bertz CT molecular complexity index is 727. The molecule has 28 heavy (non-hydrogen) atoms. The molecule has 1 saturated heterocycles. The van der Waals surface area contributed by atoms with Crippen molar-refractivity contribution in [2.24, 2.45) is 4.99 Å². The molecule has 2 aromatic rings. The van der Waals surface area contributed by atoms with E-state index >= 15 is 0 Å². The van der Waals surface area contributed by atoms with Gasteiger partial charge in [-0.1, -0.05) is 18.2 Å². The first-order valence-corrected chi connectivity index (χ1v) is 10.4. The third kappa shape index (κ3) is 6.28. The Hall–Kier alpha value is -0.940. The molecule has 2 unspecified atom stereocenters. The Balaban J connectivity index is 0.00000280. The number of aliphatic hydroxyl groups is 1. The van der Waals surface area contributed by atoms with E-state index in [0.717, 1.165) is 43.6 Å². The minimum atomic E-state index is -0.545. The zero-order chi connectivity index (χ0) is 19.2. The van der Waals surface area contributed by atoms with Crippen LogP contribution in [0.1, 0.15) is 17.9 Å². The molecule has 6 nitrogen and oxygen atoms in total. The van der Waals surface area contributed by atoms with Gasteiger partial charge >= 0.3 is 0 Å². The fraction of sp³-hybridized carbons (Fsp3) is 0.550. The normalized spacial score (nSPS) is 18.5. The first-order chi connectivity index (χ1) is 13.1. The Morgan fingerprint density at radius 3 is 2.54 bits per heavy atom. The summed E-state index contributed by atoms with van der Waals surface area (Å²) >= 11 is 1.64. The van der Waals surface area contributed by atoms with Crippen molar-refractivity contribution in [1.82, 2.24) is 20.4 Å². The molecule has 0 amide bonds. The number of hydrogen-bond acceptors (Lipinski definition) is 5. The van der Waals surface area contributed by atoms with Crippen LogP contribution in [0.2, 0.25) is 0 Å². The van der Waals surface area contributed by atoms with Gasteiger partial charge in [0, 0.05) is 61.9 Å². The van der Waals surface area contributed by atoms with Crippen LogP contribution < -0.4 is 10.6 Å². The molecular formula is C20H32IN5OS. The molecule has 1 aromatic carbocycles. The number of thiophene rings is 1. The van der Waals surface area contributed by atoms with E-state index in [1.807, 2.05) is 12.1 Å². The fourth-order valence-electron chi connectivity index (χ4n) is 3.32. The molecule has 0 aliphatic carbocycles. The van der Waals surface area contributed by atoms with Gasteiger partial charge in [0.05, 0.1) is 0 Å². The van der Waals surface area contributed by atoms with Gasteiger partial charge in [-0.05, 0) is 31.5 Å². The zero-order valence-electron chi connectivity index (χ0n) is 16.9. The van der Waals surface area contributed by atoms with Crippen LogP contribution in [0.15, 0.2) is 35.3 Å². The van der Waals surface area contributed by atoms with Gasteiger partial charge in [-0.3, -0.25) is 9.89 Å². The number of piperazine rings is 1. The predicted molar refractivity (Wildman–Crippen MR) is 130 cm³/mol. The summed E-state index contributed by atoms with van der Waals surface area (Å²) in [6.07, 6.45) is -0.545. The average Bonchev–Trinajstić information content (AvgIpc) is 3.12. The molecule has 2 atom stereocenters. The molecule has 1 aromatic heterocycles. The summed E-state index contributed by atoms with van der Waals surface area (Å²) in [7, 11) is 3.94. The highest BCUT2D eigenvalue weighted by atomic mass is 127. The zero-order valence-corrected chi connectivity index (χ0v) is 20.0. The van der Waals surface area contributed by atoms with E-state index in [1.165, 1.54) is 10.1 Å². The van der Waals surface area contributed by atoms with E-state index in [0.29, 0.717) is 12.6 Å². The summed E-state index contributed by atoms with van der Waals surface area (Å²) < 4.78 is 1.20. The van der Waals surface area contributed by atoms with E-state index in [-0.39, 0.29) is 24.0 Å². The topological polar surface area (TPSA) is 63.1 Å². The van der Waals surface area contributed by atoms with Gasteiger partial charge in [-0.15, -0.1) is 35.3 Å². The third-order valence-electron chi connectivity index (χ3n) is 5.19. The minimum Gasteiger partial charge on any atom is -0.386 e. The highest BCUT2D eigenvalue weighted by Gasteiger charge is 2.19.